The minimum atomic E-state index is -3.92. The van der Waals surface area contributed by atoms with Crippen LogP contribution >= 0.6 is 0 Å². The molecule has 1 fully saturated rings. The number of carbonyl (C=O) groups is 1. The van der Waals surface area contributed by atoms with Gasteiger partial charge < -0.3 is 15.2 Å². The fourth-order valence-corrected chi connectivity index (χ4v) is 3.36. The van der Waals surface area contributed by atoms with Crippen molar-refractivity contribution in [1.82, 2.24) is 9.03 Å². The Labute approximate surface area is 113 Å². The van der Waals surface area contributed by atoms with Gasteiger partial charge in [0.1, 0.15) is 0 Å². The van der Waals surface area contributed by atoms with E-state index in [1.54, 1.807) is 14.0 Å². The number of methoxy groups -OCH3 is 1. The number of nitrogens with two attached hydrogens (primary N) is 1. The Morgan fingerprint density at radius 1 is 1.53 bits per heavy atom. The standard InChI is InChI=1S/C10H21N3O5S/c1-3-18-10(14)12-19(15,16)13-5-4-9(17-2)6-8(13)7-11/h8-9H,3-7,11H2,1-2H3,(H,12,14). The van der Waals surface area contributed by atoms with Crippen molar-refractivity contribution in [2.24, 2.45) is 5.73 Å². The Morgan fingerprint density at radius 3 is 2.74 bits per heavy atom. The lowest BCUT2D eigenvalue weighted by atomic mass is 10.0. The number of carbonyl (C=O) groups excluding carboxylic acids is 1. The van der Waals surface area contributed by atoms with Crippen molar-refractivity contribution in [3.63, 3.8) is 0 Å². The number of amides is 1. The molecule has 1 rings (SSSR count). The summed E-state index contributed by atoms with van der Waals surface area (Å²) in [5.41, 5.74) is 5.59. The number of rotatable bonds is 5. The summed E-state index contributed by atoms with van der Waals surface area (Å²) in [6.07, 6.45) is 0.0859. The van der Waals surface area contributed by atoms with Crippen LogP contribution in [0, 0.1) is 0 Å². The Kier molecular flexibility index (Phi) is 5.98. The van der Waals surface area contributed by atoms with Crippen LogP contribution in [0.15, 0.2) is 0 Å². The predicted molar refractivity (Wildman–Crippen MR) is 68.7 cm³/mol. The first kappa shape index (κ1) is 16.2. The second-order valence-corrected chi connectivity index (χ2v) is 5.83. The molecule has 0 aromatic rings. The molecular formula is C10H21N3O5S. The van der Waals surface area contributed by atoms with Crippen LogP contribution in [0.2, 0.25) is 0 Å². The van der Waals surface area contributed by atoms with Crippen LogP contribution in [0.5, 0.6) is 0 Å². The molecule has 1 aliphatic rings. The van der Waals surface area contributed by atoms with Gasteiger partial charge in [-0.2, -0.15) is 12.7 Å². The van der Waals surface area contributed by atoms with E-state index in [9.17, 15) is 13.2 Å². The molecule has 2 atom stereocenters. The molecule has 8 nitrogen and oxygen atoms in total. The zero-order valence-corrected chi connectivity index (χ0v) is 12.0. The molecule has 1 heterocycles. The smallest absolute Gasteiger partial charge is 0.421 e. The predicted octanol–water partition coefficient (Wildman–Crippen LogP) is -0.585. The van der Waals surface area contributed by atoms with Crippen molar-refractivity contribution in [3.8, 4) is 0 Å². The number of piperidine rings is 1. The van der Waals surface area contributed by atoms with Crippen molar-refractivity contribution in [1.29, 1.82) is 0 Å². The van der Waals surface area contributed by atoms with E-state index < -0.39 is 16.3 Å². The molecular weight excluding hydrogens is 274 g/mol. The second-order valence-electron chi connectivity index (χ2n) is 4.21. The molecule has 0 aromatic heterocycles. The molecule has 1 aliphatic heterocycles. The molecule has 2 unspecified atom stereocenters. The highest BCUT2D eigenvalue weighted by Gasteiger charge is 2.36. The van der Waals surface area contributed by atoms with Crippen LogP contribution in [-0.2, 0) is 19.7 Å². The summed E-state index contributed by atoms with van der Waals surface area (Å²) >= 11 is 0. The average Bonchev–Trinajstić information content (AvgIpc) is 2.37. The third kappa shape index (κ3) is 4.30. The van der Waals surface area contributed by atoms with Crippen molar-refractivity contribution in [3.05, 3.63) is 0 Å². The van der Waals surface area contributed by atoms with Crippen LogP contribution in [0.4, 0.5) is 4.79 Å². The highest BCUT2D eigenvalue weighted by Crippen LogP contribution is 2.21. The molecule has 0 bridgehead atoms. The molecule has 0 aliphatic carbocycles. The minimum Gasteiger partial charge on any atom is -0.449 e. The first-order valence-electron chi connectivity index (χ1n) is 6.13. The highest BCUT2D eigenvalue weighted by molar-refractivity contribution is 7.87. The lowest BCUT2D eigenvalue weighted by molar-refractivity contribution is 0.0398. The first-order valence-corrected chi connectivity index (χ1v) is 7.57. The van der Waals surface area contributed by atoms with Gasteiger partial charge in [0, 0.05) is 26.2 Å². The van der Waals surface area contributed by atoms with E-state index in [1.165, 1.54) is 4.31 Å². The first-order chi connectivity index (χ1) is 8.94. The average molecular weight is 295 g/mol. The highest BCUT2D eigenvalue weighted by atomic mass is 32.2. The summed E-state index contributed by atoms with van der Waals surface area (Å²) < 4.78 is 36.9. The molecule has 1 saturated heterocycles. The molecule has 3 N–H and O–H groups in total. The van der Waals surface area contributed by atoms with Crippen molar-refractivity contribution in [2.75, 3.05) is 26.8 Å². The van der Waals surface area contributed by atoms with E-state index >= 15 is 0 Å². The maximum Gasteiger partial charge on any atom is 0.421 e. The van der Waals surface area contributed by atoms with E-state index in [4.69, 9.17) is 10.5 Å². The summed E-state index contributed by atoms with van der Waals surface area (Å²) in [6, 6.07) is -0.384. The van der Waals surface area contributed by atoms with E-state index in [-0.39, 0.29) is 31.8 Å². The van der Waals surface area contributed by atoms with Gasteiger partial charge in [-0.05, 0) is 19.8 Å². The second kappa shape index (κ2) is 7.04. The summed E-state index contributed by atoms with van der Waals surface area (Å²) in [6.45, 7) is 2.13. The van der Waals surface area contributed by atoms with Crippen LogP contribution in [0.1, 0.15) is 19.8 Å². The molecule has 0 radical (unpaired) electrons. The van der Waals surface area contributed by atoms with Gasteiger partial charge in [-0.15, -0.1) is 0 Å². The van der Waals surface area contributed by atoms with Gasteiger partial charge in [-0.3, -0.25) is 0 Å². The SMILES string of the molecule is CCOC(=O)NS(=O)(=O)N1CCC(OC)CC1CN. The number of hydrogen-bond acceptors (Lipinski definition) is 6. The number of nitrogens with zero attached hydrogens (tertiary/aromatic N) is 1. The number of ether oxygens (including phenoxy) is 2. The van der Waals surface area contributed by atoms with E-state index in [2.05, 4.69) is 4.74 Å². The van der Waals surface area contributed by atoms with E-state index in [0.29, 0.717) is 12.8 Å². The maximum absolute atomic E-state index is 12.1. The van der Waals surface area contributed by atoms with Crippen molar-refractivity contribution >= 4 is 16.3 Å². The van der Waals surface area contributed by atoms with Crippen LogP contribution in [0.25, 0.3) is 0 Å². The van der Waals surface area contributed by atoms with Gasteiger partial charge in [0.25, 0.3) is 0 Å². The summed E-state index contributed by atoms with van der Waals surface area (Å²) in [5, 5.41) is 0. The van der Waals surface area contributed by atoms with Crippen LogP contribution in [0.3, 0.4) is 0 Å². The lowest BCUT2D eigenvalue weighted by Crippen LogP contribution is -2.55. The fraction of sp³-hybridized carbons (Fsp3) is 0.900. The molecule has 112 valence electrons. The number of hydrogen-bond donors (Lipinski definition) is 2. The number of nitrogens with one attached hydrogen (secondary N) is 1. The summed E-state index contributed by atoms with van der Waals surface area (Å²) in [5.74, 6) is 0. The van der Waals surface area contributed by atoms with Gasteiger partial charge in [-0.25, -0.2) is 9.52 Å². The molecule has 19 heavy (non-hydrogen) atoms. The molecule has 0 saturated carbocycles. The van der Waals surface area contributed by atoms with Gasteiger partial charge in [0.15, 0.2) is 0 Å². The van der Waals surface area contributed by atoms with Crippen LogP contribution in [-0.4, -0.2) is 57.8 Å². The van der Waals surface area contributed by atoms with Crippen molar-refractivity contribution in [2.45, 2.75) is 31.9 Å². The summed E-state index contributed by atoms with van der Waals surface area (Å²) in [7, 11) is -2.34. The Bertz CT molecular complexity index is 400. The normalized spacial score (nSPS) is 25.0. The quantitative estimate of drug-likeness (QED) is 0.701. The van der Waals surface area contributed by atoms with Gasteiger partial charge in [0.2, 0.25) is 0 Å². The Morgan fingerprint density at radius 2 is 2.21 bits per heavy atom. The van der Waals surface area contributed by atoms with Crippen molar-refractivity contribution < 1.29 is 22.7 Å². The lowest BCUT2D eigenvalue weighted by Gasteiger charge is -2.36. The largest absolute Gasteiger partial charge is 0.449 e. The molecule has 0 spiro atoms. The van der Waals surface area contributed by atoms with Crippen LogP contribution < -0.4 is 10.5 Å². The zero-order valence-electron chi connectivity index (χ0n) is 11.2. The topological polar surface area (TPSA) is 111 Å². The molecule has 1 amide bonds. The fourth-order valence-electron chi connectivity index (χ4n) is 2.06. The van der Waals surface area contributed by atoms with E-state index in [1.807, 2.05) is 4.72 Å². The Balaban J connectivity index is 2.73. The molecule has 9 heteroatoms. The minimum absolute atomic E-state index is 0.0115. The third-order valence-corrected chi connectivity index (χ3v) is 4.54. The van der Waals surface area contributed by atoms with E-state index in [0.717, 1.165) is 0 Å². The zero-order chi connectivity index (χ0) is 14.5. The van der Waals surface area contributed by atoms with Gasteiger partial charge >= 0.3 is 16.3 Å². The third-order valence-electron chi connectivity index (χ3n) is 3.02. The maximum atomic E-state index is 12.1. The van der Waals surface area contributed by atoms with Gasteiger partial charge in [-0.1, -0.05) is 0 Å². The Hall–Kier alpha value is -0.900. The van der Waals surface area contributed by atoms with Gasteiger partial charge in [0.05, 0.1) is 12.7 Å². The molecule has 0 aromatic carbocycles. The monoisotopic (exact) mass is 295 g/mol. The summed E-state index contributed by atoms with van der Waals surface area (Å²) in [4.78, 5) is 11.2.